The molecule has 0 radical (unpaired) electrons. The number of hydrogen-bond donors (Lipinski definition) is 2. The molecule has 1 aromatic rings. The molecular formula is C25H35N3OS. The van der Waals surface area contributed by atoms with Crippen LogP contribution in [-0.4, -0.2) is 23.6 Å². The van der Waals surface area contributed by atoms with Crippen molar-refractivity contribution in [1.29, 1.82) is 0 Å². The molecule has 1 aromatic carbocycles. The predicted molar refractivity (Wildman–Crippen MR) is 127 cm³/mol. The van der Waals surface area contributed by atoms with Crippen molar-refractivity contribution in [3.05, 3.63) is 24.3 Å². The third-order valence-electron chi connectivity index (χ3n) is 8.21. The van der Waals surface area contributed by atoms with Crippen LogP contribution in [0.2, 0.25) is 0 Å². The number of benzene rings is 1. The van der Waals surface area contributed by atoms with Gasteiger partial charge in [0.1, 0.15) is 0 Å². The molecule has 2 N–H and O–H groups in total. The van der Waals surface area contributed by atoms with E-state index in [4.69, 9.17) is 12.2 Å². The number of anilines is 2. The van der Waals surface area contributed by atoms with Gasteiger partial charge in [-0.1, -0.05) is 0 Å². The number of amides is 1. The van der Waals surface area contributed by atoms with E-state index in [-0.39, 0.29) is 11.3 Å². The van der Waals surface area contributed by atoms with Gasteiger partial charge in [0.2, 0.25) is 5.91 Å². The highest BCUT2D eigenvalue weighted by Crippen LogP contribution is 2.61. The van der Waals surface area contributed by atoms with Crippen molar-refractivity contribution in [2.24, 2.45) is 23.2 Å². The maximum Gasteiger partial charge on any atom is 0.226 e. The van der Waals surface area contributed by atoms with Crippen LogP contribution in [0.1, 0.15) is 71.1 Å². The number of nitrogens with one attached hydrogen (secondary N) is 2. The van der Waals surface area contributed by atoms with Crippen molar-refractivity contribution in [2.75, 3.05) is 16.8 Å². The molecule has 1 atom stereocenters. The van der Waals surface area contributed by atoms with Crippen LogP contribution in [0, 0.1) is 23.2 Å². The van der Waals surface area contributed by atoms with Gasteiger partial charge in [0.25, 0.3) is 0 Å². The average Bonchev–Trinajstić information content (AvgIpc) is 2.67. The highest BCUT2D eigenvalue weighted by molar-refractivity contribution is 7.80. The van der Waals surface area contributed by atoms with Crippen molar-refractivity contribution < 1.29 is 4.79 Å². The molecule has 1 aliphatic heterocycles. The molecule has 6 rings (SSSR count). The molecule has 1 unspecified atom stereocenters. The zero-order valence-electron chi connectivity index (χ0n) is 18.2. The summed E-state index contributed by atoms with van der Waals surface area (Å²) < 4.78 is 0. The molecule has 1 heterocycles. The molecule has 0 spiro atoms. The first-order valence-electron chi connectivity index (χ1n) is 12.0. The molecule has 4 aliphatic carbocycles. The second kappa shape index (κ2) is 8.14. The molecular weight excluding hydrogens is 390 g/mol. The molecule has 4 saturated carbocycles. The summed E-state index contributed by atoms with van der Waals surface area (Å²) in [5.74, 6) is 2.70. The van der Waals surface area contributed by atoms with E-state index >= 15 is 0 Å². The Balaban J connectivity index is 1.14. The average molecular weight is 426 g/mol. The van der Waals surface area contributed by atoms with E-state index < -0.39 is 0 Å². The molecule has 5 heteroatoms. The van der Waals surface area contributed by atoms with Gasteiger partial charge in [0.15, 0.2) is 5.11 Å². The van der Waals surface area contributed by atoms with Crippen molar-refractivity contribution in [1.82, 2.24) is 5.32 Å². The topological polar surface area (TPSA) is 44.4 Å². The number of carbonyl (C=O) groups is 1. The van der Waals surface area contributed by atoms with Crippen molar-refractivity contribution in [2.45, 2.75) is 77.2 Å². The van der Waals surface area contributed by atoms with Gasteiger partial charge in [0, 0.05) is 30.4 Å². The van der Waals surface area contributed by atoms with E-state index in [1.807, 2.05) is 0 Å². The van der Waals surface area contributed by atoms with E-state index in [1.165, 1.54) is 63.5 Å². The van der Waals surface area contributed by atoms with Crippen LogP contribution in [0.5, 0.6) is 0 Å². The highest BCUT2D eigenvalue weighted by Gasteiger charge is 2.51. The minimum atomic E-state index is 0.0909. The van der Waals surface area contributed by atoms with E-state index in [1.54, 1.807) is 0 Å². The number of hydrogen-bond acceptors (Lipinski definition) is 3. The first-order valence-corrected chi connectivity index (χ1v) is 12.4. The fraction of sp³-hybridized carbons (Fsp3) is 0.680. The lowest BCUT2D eigenvalue weighted by atomic mass is 9.49. The molecule has 1 amide bonds. The van der Waals surface area contributed by atoms with Gasteiger partial charge in [-0.3, -0.25) is 4.79 Å². The monoisotopic (exact) mass is 425 g/mol. The largest absolute Gasteiger partial charge is 0.369 e. The zero-order chi connectivity index (χ0) is 20.7. The van der Waals surface area contributed by atoms with Gasteiger partial charge in [-0.05, 0) is 124 Å². The van der Waals surface area contributed by atoms with Crippen LogP contribution >= 0.6 is 12.2 Å². The standard InChI is InChI=1S/C25H35N3OS/c1-17-4-2-3-9-28(17)22-7-5-21(6-8-22)26-24(30)27-23(29)16-25-13-18-10-19(14-25)12-20(11-18)15-25/h5-8,17-20H,2-4,9-16H2,1H3,(H2,26,27,29,30). The first kappa shape index (κ1) is 20.3. The Labute approximate surface area is 186 Å². The molecule has 4 nitrogen and oxygen atoms in total. The van der Waals surface area contributed by atoms with Crippen molar-refractivity contribution >= 4 is 34.6 Å². The third-order valence-corrected chi connectivity index (χ3v) is 8.42. The number of thiocarbonyl (C=S) groups is 1. The van der Waals surface area contributed by atoms with Gasteiger partial charge >= 0.3 is 0 Å². The normalized spacial score (nSPS) is 34.6. The second-order valence-corrected chi connectivity index (χ2v) is 11.1. The van der Waals surface area contributed by atoms with Gasteiger partial charge in [-0.15, -0.1) is 0 Å². The third kappa shape index (κ3) is 4.23. The minimum absolute atomic E-state index is 0.0909. The van der Waals surface area contributed by atoms with Crippen LogP contribution in [0.4, 0.5) is 11.4 Å². The number of carbonyl (C=O) groups excluding carboxylic acids is 1. The maximum absolute atomic E-state index is 12.8. The number of piperidine rings is 1. The fourth-order valence-corrected chi connectivity index (χ4v) is 7.63. The lowest BCUT2D eigenvalue weighted by Gasteiger charge is -2.56. The fourth-order valence-electron chi connectivity index (χ4n) is 7.40. The van der Waals surface area contributed by atoms with Gasteiger partial charge in [0.05, 0.1) is 0 Å². The number of rotatable bonds is 4. The summed E-state index contributed by atoms with van der Waals surface area (Å²) in [5.41, 5.74) is 2.45. The van der Waals surface area contributed by atoms with Crippen molar-refractivity contribution in [3.8, 4) is 0 Å². The Kier molecular flexibility index (Phi) is 5.51. The smallest absolute Gasteiger partial charge is 0.226 e. The summed E-state index contributed by atoms with van der Waals surface area (Å²) in [4.78, 5) is 15.3. The van der Waals surface area contributed by atoms with Crippen LogP contribution in [0.3, 0.4) is 0 Å². The number of nitrogens with zero attached hydrogens (tertiary/aromatic N) is 1. The minimum Gasteiger partial charge on any atom is -0.369 e. The molecule has 5 fully saturated rings. The molecule has 4 bridgehead atoms. The Bertz CT molecular complexity index is 770. The molecule has 1 saturated heterocycles. The predicted octanol–water partition coefficient (Wildman–Crippen LogP) is 5.48. The highest BCUT2D eigenvalue weighted by atomic mass is 32.1. The Morgan fingerprint density at radius 2 is 1.70 bits per heavy atom. The quantitative estimate of drug-likeness (QED) is 0.627. The SMILES string of the molecule is CC1CCCCN1c1ccc(NC(=S)NC(=O)CC23CC4CC(CC(C4)C2)C3)cc1. The zero-order valence-corrected chi connectivity index (χ0v) is 19.0. The van der Waals surface area contributed by atoms with E-state index in [9.17, 15) is 4.79 Å². The van der Waals surface area contributed by atoms with Gasteiger partial charge in [-0.2, -0.15) is 0 Å². The lowest BCUT2D eigenvalue weighted by molar-refractivity contribution is -0.127. The first-order chi connectivity index (χ1) is 14.5. The molecule has 162 valence electrons. The van der Waals surface area contributed by atoms with Crippen LogP contribution in [0.25, 0.3) is 0 Å². The molecule has 30 heavy (non-hydrogen) atoms. The summed E-state index contributed by atoms with van der Waals surface area (Å²) in [6.07, 6.45) is 12.5. The Hall–Kier alpha value is -1.62. The van der Waals surface area contributed by atoms with E-state index in [2.05, 4.69) is 46.7 Å². The molecule has 0 aromatic heterocycles. The lowest BCUT2D eigenvalue weighted by Crippen LogP contribution is -2.48. The van der Waals surface area contributed by atoms with Crippen LogP contribution in [-0.2, 0) is 4.79 Å². The Morgan fingerprint density at radius 1 is 1.07 bits per heavy atom. The van der Waals surface area contributed by atoms with Gasteiger partial charge in [-0.25, -0.2) is 0 Å². The van der Waals surface area contributed by atoms with Crippen LogP contribution < -0.4 is 15.5 Å². The summed E-state index contributed by atoms with van der Waals surface area (Å²) in [6.45, 7) is 3.44. The van der Waals surface area contributed by atoms with Gasteiger partial charge < -0.3 is 15.5 Å². The summed E-state index contributed by atoms with van der Waals surface area (Å²) in [6, 6.07) is 9.04. The summed E-state index contributed by atoms with van der Waals surface area (Å²) in [7, 11) is 0. The van der Waals surface area contributed by atoms with E-state index in [0.29, 0.717) is 17.6 Å². The second-order valence-electron chi connectivity index (χ2n) is 10.7. The van der Waals surface area contributed by atoms with E-state index in [0.717, 1.165) is 30.0 Å². The maximum atomic E-state index is 12.8. The van der Waals surface area contributed by atoms with Crippen molar-refractivity contribution in [3.63, 3.8) is 0 Å². The molecule has 5 aliphatic rings. The summed E-state index contributed by atoms with van der Waals surface area (Å²) >= 11 is 5.44. The van der Waals surface area contributed by atoms with Crippen LogP contribution in [0.15, 0.2) is 24.3 Å². The Morgan fingerprint density at radius 3 is 2.30 bits per heavy atom. The summed E-state index contributed by atoms with van der Waals surface area (Å²) in [5, 5.41) is 6.58.